The molecule has 7 rings (SSSR count). The van der Waals surface area contributed by atoms with Crippen LogP contribution in [0.4, 0.5) is 0 Å². The first-order valence-electron chi connectivity index (χ1n) is 15.3. The van der Waals surface area contributed by atoms with Gasteiger partial charge in [0.15, 0.2) is 0 Å². The van der Waals surface area contributed by atoms with Gasteiger partial charge < -0.3 is 14.3 Å². The minimum absolute atomic E-state index is 0.00570. The first-order valence-corrected chi connectivity index (χ1v) is 17.2. The molecule has 0 aliphatic heterocycles. The highest BCUT2D eigenvalue weighted by atomic mass is 28.4. The molecule has 0 aromatic heterocycles. The lowest BCUT2D eigenvalue weighted by atomic mass is 9.46. The normalized spacial score (nSPS) is 31.3. The Labute approximate surface area is 246 Å². The van der Waals surface area contributed by atoms with Crippen LogP contribution in [-0.4, -0.2) is 37.5 Å². The molecule has 4 aliphatic carbocycles. The monoisotopic (exact) mass is 568 g/mol. The predicted octanol–water partition coefficient (Wildman–Crippen LogP) is 5.90. The Balaban J connectivity index is 1.30. The van der Waals surface area contributed by atoms with Gasteiger partial charge in [-0.25, -0.2) is 0 Å². The fourth-order valence-corrected chi connectivity index (χ4v) is 13.4. The Morgan fingerprint density at radius 3 is 2.00 bits per heavy atom. The molecular formula is C36H44O4Si. The van der Waals surface area contributed by atoms with E-state index in [1.165, 1.54) is 10.4 Å². The number of benzene rings is 3. The Morgan fingerprint density at radius 1 is 0.878 bits per heavy atom. The van der Waals surface area contributed by atoms with Gasteiger partial charge in [0.1, 0.15) is 5.78 Å². The average molecular weight is 569 g/mol. The minimum atomic E-state index is -2.74. The van der Waals surface area contributed by atoms with Crippen molar-refractivity contribution in [2.45, 2.75) is 76.7 Å². The molecule has 216 valence electrons. The summed E-state index contributed by atoms with van der Waals surface area (Å²) in [6, 6.07) is 31.6. The van der Waals surface area contributed by atoms with Crippen LogP contribution >= 0.6 is 0 Å². The van der Waals surface area contributed by atoms with Crippen molar-refractivity contribution in [2.75, 3.05) is 6.61 Å². The van der Waals surface area contributed by atoms with Gasteiger partial charge in [-0.3, -0.25) is 4.79 Å². The van der Waals surface area contributed by atoms with Crippen molar-refractivity contribution < 1.29 is 19.1 Å². The van der Waals surface area contributed by atoms with Crippen LogP contribution in [-0.2, 0) is 20.6 Å². The fraction of sp³-hybridized carbons (Fsp3) is 0.472. The molecule has 1 N–H and O–H groups in total. The molecule has 2 bridgehead atoms. The van der Waals surface area contributed by atoms with Gasteiger partial charge in [0, 0.05) is 24.4 Å². The van der Waals surface area contributed by atoms with E-state index in [4.69, 9.17) is 9.16 Å². The van der Waals surface area contributed by atoms with E-state index in [-0.39, 0.29) is 41.1 Å². The molecule has 6 atom stereocenters. The molecule has 3 aromatic rings. The number of ether oxygens (including phenoxy) is 1. The van der Waals surface area contributed by atoms with Crippen LogP contribution in [0.25, 0.3) is 0 Å². The zero-order chi connectivity index (χ0) is 28.9. The standard InChI is InChI=1S/C36H44O4Si/c1-34(2,3)41(28-16-10-6-11-17-28,29-18-12-7-13-19-29)40-25-27-22-36(38)23-31(37)33(27)30-20-21-32(35(30,36)4)39-24-26-14-8-5-9-15-26/h5-19,27,30,32-33,38H,20-25H2,1-4H3/t27-,30-,32+,33+,35-,36?/m0/s1. The van der Waals surface area contributed by atoms with Gasteiger partial charge in [-0.15, -0.1) is 0 Å². The number of carbonyl (C=O) groups is 1. The molecule has 1 unspecified atom stereocenters. The summed E-state index contributed by atoms with van der Waals surface area (Å²) in [6.45, 7) is 10.1. The fourth-order valence-electron chi connectivity index (χ4n) is 8.82. The third-order valence-electron chi connectivity index (χ3n) is 10.8. The van der Waals surface area contributed by atoms with E-state index in [9.17, 15) is 9.90 Å². The summed E-state index contributed by atoms with van der Waals surface area (Å²) in [4.78, 5) is 13.7. The zero-order valence-electron chi connectivity index (χ0n) is 24.9. The summed E-state index contributed by atoms with van der Waals surface area (Å²) in [7, 11) is -2.74. The maximum Gasteiger partial charge on any atom is 0.261 e. The molecule has 4 nitrogen and oxygen atoms in total. The SMILES string of the molecule is CC(C)(C)[Si](OC[C@@H]1CC2(O)CC(=O)[C@H]1[C@@H]1CC[C@@H](OCc3ccccc3)[C@]12C)(c1ccccc1)c1ccccc1. The molecule has 0 heterocycles. The molecule has 0 amide bonds. The van der Waals surface area contributed by atoms with E-state index in [0.717, 1.165) is 18.4 Å². The Hall–Kier alpha value is -2.57. The second-order valence-corrected chi connectivity index (χ2v) is 18.2. The lowest BCUT2D eigenvalue weighted by Gasteiger charge is -2.61. The van der Waals surface area contributed by atoms with Crippen LogP contribution in [0.3, 0.4) is 0 Å². The third kappa shape index (κ3) is 4.57. The number of aliphatic hydroxyl groups is 1. The number of carbonyl (C=O) groups excluding carboxylic acids is 1. The van der Waals surface area contributed by atoms with Gasteiger partial charge in [-0.1, -0.05) is 119 Å². The van der Waals surface area contributed by atoms with Crippen LogP contribution in [0.15, 0.2) is 91.0 Å². The summed E-state index contributed by atoms with van der Waals surface area (Å²) in [5.74, 6) is 0.212. The van der Waals surface area contributed by atoms with Crippen molar-refractivity contribution in [3.05, 3.63) is 96.6 Å². The Kier molecular flexibility index (Phi) is 7.38. The third-order valence-corrected chi connectivity index (χ3v) is 15.8. The van der Waals surface area contributed by atoms with Crippen LogP contribution in [0, 0.1) is 23.2 Å². The number of rotatable bonds is 8. The van der Waals surface area contributed by atoms with Crippen molar-refractivity contribution in [3.63, 3.8) is 0 Å². The number of fused-ring (bicyclic) bond motifs is 2. The van der Waals surface area contributed by atoms with E-state index in [0.29, 0.717) is 19.6 Å². The molecule has 0 radical (unpaired) electrons. The maximum atomic E-state index is 13.7. The van der Waals surface area contributed by atoms with Crippen molar-refractivity contribution in [1.82, 2.24) is 0 Å². The first-order chi connectivity index (χ1) is 19.6. The lowest BCUT2D eigenvalue weighted by Crippen LogP contribution is -2.70. The molecule has 0 spiro atoms. The van der Waals surface area contributed by atoms with Crippen molar-refractivity contribution in [1.29, 1.82) is 0 Å². The van der Waals surface area contributed by atoms with Gasteiger partial charge in [-0.05, 0) is 52.1 Å². The highest BCUT2D eigenvalue weighted by Crippen LogP contribution is 2.66. The summed E-state index contributed by atoms with van der Waals surface area (Å²) < 4.78 is 13.8. The number of hydrogen-bond acceptors (Lipinski definition) is 4. The van der Waals surface area contributed by atoms with E-state index in [1.54, 1.807) is 0 Å². The summed E-state index contributed by atoms with van der Waals surface area (Å²) in [5, 5.41) is 14.7. The largest absolute Gasteiger partial charge is 0.407 e. The zero-order valence-corrected chi connectivity index (χ0v) is 25.9. The lowest BCUT2D eigenvalue weighted by molar-refractivity contribution is -0.232. The van der Waals surface area contributed by atoms with Crippen LogP contribution in [0.2, 0.25) is 5.04 Å². The van der Waals surface area contributed by atoms with E-state index < -0.39 is 19.3 Å². The molecule has 41 heavy (non-hydrogen) atoms. The van der Waals surface area contributed by atoms with Crippen molar-refractivity contribution in [3.8, 4) is 0 Å². The van der Waals surface area contributed by atoms with Crippen molar-refractivity contribution >= 4 is 24.5 Å². The van der Waals surface area contributed by atoms with E-state index >= 15 is 0 Å². The van der Waals surface area contributed by atoms with Crippen LogP contribution in [0.5, 0.6) is 0 Å². The van der Waals surface area contributed by atoms with Gasteiger partial charge in [-0.2, -0.15) is 0 Å². The van der Waals surface area contributed by atoms with Crippen molar-refractivity contribution in [2.24, 2.45) is 23.2 Å². The molecule has 4 saturated carbocycles. The molecule has 0 saturated heterocycles. The van der Waals surface area contributed by atoms with Gasteiger partial charge in [0.2, 0.25) is 0 Å². The number of ketones is 1. The van der Waals surface area contributed by atoms with Gasteiger partial charge in [0.25, 0.3) is 8.32 Å². The number of Topliss-reactive ketones (excluding diaryl/α,β-unsaturated/α-hetero) is 1. The molecular weight excluding hydrogens is 524 g/mol. The second kappa shape index (κ2) is 10.6. The van der Waals surface area contributed by atoms with Gasteiger partial charge in [0.05, 0.1) is 18.3 Å². The van der Waals surface area contributed by atoms with E-state index in [2.05, 4.69) is 100 Å². The minimum Gasteiger partial charge on any atom is -0.407 e. The van der Waals surface area contributed by atoms with Crippen LogP contribution < -0.4 is 10.4 Å². The summed E-state index contributed by atoms with van der Waals surface area (Å²) in [6.07, 6.45) is 2.53. The first kappa shape index (κ1) is 28.5. The number of hydrogen-bond donors (Lipinski definition) is 1. The summed E-state index contributed by atoms with van der Waals surface area (Å²) in [5.41, 5.74) is -0.380. The predicted molar refractivity (Wildman–Crippen MR) is 166 cm³/mol. The second-order valence-electron chi connectivity index (χ2n) is 13.9. The molecule has 4 fully saturated rings. The Morgan fingerprint density at radius 2 is 1.44 bits per heavy atom. The maximum absolute atomic E-state index is 13.7. The average Bonchev–Trinajstić information content (AvgIpc) is 3.31. The molecule has 5 heteroatoms. The topological polar surface area (TPSA) is 55.8 Å². The highest BCUT2D eigenvalue weighted by molar-refractivity contribution is 6.99. The van der Waals surface area contributed by atoms with E-state index in [1.807, 2.05) is 18.2 Å². The Bertz CT molecular complexity index is 1320. The molecule has 3 aromatic carbocycles. The summed E-state index contributed by atoms with van der Waals surface area (Å²) >= 11 is 0. The smallest absolute Gasteiger partial charge is 0.261 e. The van der Waals surface area contributed by atoms with Crippen LogP contribution in [0.1, 0.15) is 58.9 Å². The molecule has 4 aliphatic rings. The van der Waals surface area contributed by atoms with Gasteiger partial charge >= 0.3 is 0 Å². The quantitative estimate of drug-likeness (QED) is 0.344. The highest BCUT2D eigenvalue weighted by Gasteiger charge is 2.71.